The normalized spacial score (nSPS) is 21.4. The first-order valence-electron chi connectivity index (χ1n) is 9.89. The van der Waals surface area contributed by atoms with Crippen molar-refractivity contribution in [3.63, 3.8) is 0 Å². The number of aryl methyl sites for hydroxylation is 1. The highest BCUT2D eigenvalue weighted by Crippen LogP contribution is 2.39. The van der Waals surface area contributed by atoms with Gasteiger partial charge in [-0.2, -0.15) is 4.98 Å². The van der Waals surface area contributed by atoms with E-state index < -0.39 is 0 Å². The Morgan fingerprint density at radius 3 is 3.00 bits per heavy atom. The molecular formula is C20H26N4O3. The molecule has 144 valence electrons. The summed E-state index contributed by atoms with van der Waals surface area (Å²) in [7, 11) is 0. The van der Waals surface area contributed by atoms with Crippen LogP contribution in [0.3, 0.4) is 0 Å². The molecule has 3 heterocycles. The van der Waals surface area contributed by atoms with E-state index in [1.165, 1.54) is 19.3 Å². The van der Waals surface area contributed by atoms with Crippen molar-refractivity contribution in [2.45, 2.75) is 69.4 Å². The van der Waals surface area contributed by atoms with Crippen molar-refractivity contribution in [1.82, 2.24) is 20.4 Å². The van der Waals surface area contributed by atoms with Gasteiger partial charge in [-0.3, -0.25) is 9.78 Å². The molecule has 7 nitrogen and oxygen atoms in total. The number of nitrogens with one attached hydrogen (secondary N) is 1. The van der Waals surface area contributed by atoms with E-state index in [9.17, 15) is 4.79 Å². The number of amides is 1. The number of hydrogen-bond acceptors (Lipinski definition) is 6. The predicted molar refractivity (Wildman–Crippen MR) is 98.8 cm³/mol. The van der Waals surface area contributed by atoms with Gasteiger partial charge in [0.2, 0.25) is 17.6 Å². The number of rotatable bonds is 6. The predicted octanol–water partition coefficient (Wildman–Crippen LogP) is 3.06. The van der Waals surface area contributed by atoms with Crippen LogP contribution < -0.4 is 5.32 Å². The van der Waals surface area contributed by atoms with Crippen molar-refractivity contribution >= 4 is 5.91 Å². The summed E-state index contributed by atoms with van der Waals surface area (Å²) in [6.07, 6.45) is 12.1. The molecule has 1 N–H and O–H groups in total. The first-order chi connectivity index (χ1) is 13.2. The third-order valence-electron chi connectivity index (χ3n) is 5.52. The van der Waals surface area contributed by atoms with E-state index >= 15 is 0 Å². The molecule has 27 heavy (non-hydrogen) atoms. The first kappa shape index (κ1) is 18.1. The van der Waals surface area contributed by atoms with Gasteiger partial charge in [-0.25, -0.2) is 0 Å². The standard InChI is InChI=1S/C20H26N4O3/c25-17(22-16-12-20(26-14-16)9-2-1-3-10-20)7-4-8-18-23-19(24-27-18)15-6-5-11-21-13-15/h5-6,11,13,16H,1-4,7-10,12,14H2,(H,22,25). The minimum absolute atomic E-state index is 0.0304. The molecule has 4 rings (SSSR count). The monoisotopic (exact) mass is 370 g/mol. The third-order valence-corrected chi connectivity index (χ3v) is 5.52. The molecule has 2 aromatic rings. The summed E-state index contributed by atoms with van der Waals surface area (Å²) in [5.74, 6) is 1.15. The van der Waals surface area contributed by atoms with Crippen LogP contribution in [0.1, 0.15) is 57.3 Å². The SMILES string of the molecule is O=C(CCCc1nc(-c2cccnc2)no1)NC1COC2(CCCCC2)C1. The summed E-state index contributed by atoms with van der Waals surface area (Å²) in [5.41, 5.74) is 0.853. The molecule has 7 heteroatoms. The molecule has 1 saturated carbocycles. The Morgan fingerprint density at radius 2 is 2.19 bits per heavy atom. The lowest BCUT2D eigenvalue weighted by Crippen LogP contribution is -2.37. The molecule has 2 aromatic heterocycles. The molecule has 0 radical (unpaired) electrons. The van der Waals surface area contributed by atoms with Crippen LogP contribution >= 0.6 is 0 Å². The lowest BCUT2D eigenvalue weighted by atomic mass is 9.82. The van der Waals surface area contributed by atoms with E-state index in [-0.39, 0.29) is 17.6 Å². The van der Waals surface area contributed by atoms with Gasteiger partial charge in [-0.15, -0.1) is 0 Å². The summed E-state index contributed by atoms with van der Waals surface area (Å²) in [6.45, 7) is 0.643. The van der Waals surface area contributed by atoms with E-state index in [4.69, 9.17) is 9.26 Å². The number of ether oxygens (including phenoxy) is 1. The van der Waals surface area contributed by atoms with Gasteiger partial charge in [0.15, 0.2) is 0 Å². The summed E-state index contributed by atoms with van der Waals surface area (Å²) in [4.78, 5) is 20.7. The Kier molecular flexibility index (Phi) is 5.48. The maximum absolute atomic E-state index is 12.2. The maximum atomic E-state index is 12.2. The maximum Gasteiger partial charge on any atom is 0.226 e. The minimum atomic E-state index is 0.0304. The van der Waals surface area contributed by atoms with Gasteiger partial charge in [0.05, 0.1) is 18.2 Å². The number of hydrogen-bond donors (Lipinski definition) is 1. The Labute approximate surface area is 158 Å². The third kappa shape index (κ3) is 4.53. The number of carbonyl (C=O) groups excluding carboxylic acids is 1. The van der Waals surface area contributed by atoms with E-state index in [1.54, 1.807) is 12.4 Å². The second-order valence-electron chi connectivity index (χ2n) is 7.63. The molecule has 0 aromatic carbocycles. The van der Waals surface area contributed by atoms with Crippen LogP contribution in [-0.2, 0) is 16.0 Å². The average molecular weight is 370 g/mol. The molecule has 2 aliphatic rings. The highest BCUT2D eigenvalue weighted by atomic mass is 16.5. The van der Waals surface area contributed by atoms with E-state index in [0.717, 1.165) is 24.8 Å². The highest BCUT2D eigenvalue weighted by Gasteiger charge is 2.41. The van der Waals surface area contributed by atoms with Gasteiger partial charge in [0.1, 0.15) is 0 Å². The second-order valence-corrected chi connectivity index (χ2v) is 7.63. The molecule has 1 spiro atoms. The Bertz CT molecular complexity index is 756. The fraction of sp³-hybridized carbons (Fsp3) is 0.600. The summed E-state index contributed by atoms with van der Waals surface area (Å²) < 4.78 is 11.3. The van der Waals surface area contributed by atoms with Crippen molar-refractivity contribution in [2.75, 3.05) is 6.61 Å². The molecule has 2 fully saturated rings. The Balaban J connectivity index is 1.20. The van der Waals surface area contributed by atoms with Gasteiger partial charge < -0.3 is 14.6 Å². The van der Waals surface area contributed by atoms with Crippen molar-refractivity contribution in [3.8, 4) is 11.4 Å². The smallest absolute Gasteiger partial charge is 0.226 e. The van der Waals surface area contributed by atoms with Crippen molar-refractivity contribution in [1.29, 1.82) is 0 Å². The fourth-order valence-electron chi connectivity index (χ4n) is 4.15. The summed E-state index contributed by atoms with van der Waals surface area (Å²) in [5, 5.41) is 7.10. The zero-order valence-corrected chi connectivity index (χ0v) is 15.5. The number of nitrogens with zero attached hydrogens (tertiary/aromatic N) is 3. The van der Waals surface area contributed by atoms with Crippen molar-refractivity contribution in [3.05, 3.63) is 30.4 Å². The average Bonchev–Trinajstić information content (AvgIpc) is 3.31. The summed E-state index contributed by atoms with van der Waals surface area (Å²) in [6, 6.07) is 3.87. The molecule has 1 atom stereocenters. The van der Waals surface area contributed by atoms with Gasteiger partial charge in [0, 0.05) is 30.8 Å². The van der Waals surface area contributed by atoms with Gasteiger partial charge in [-0.05, 0) is 37.8 Å². The molecule has 0 bridgehead atoms. The van der Waals surface area contributed by atoms with Crippen LogP contribution in [-0.4, -0.2) is 39.3 Å². The molecule has 1 aliphatic carbocycles. The Morgan fingerprint density at radius 1 is 1.30 bits per heavy atom. The van der Waals surface area contributed by atoms with Gasteiger partial charge in [-0.1, -0.05) is 24.4 Å². The minimum Gasteiger partial charge on any atom is -0.373 e. The Hall–Kier alpha value is -2.28. The molecular weight excluding hydrogens is 344 g/mol. The topological polar surface area (TPSA) is 90.1 Å². The molecule has 1 aliphatic heterocycles. The van der Waals surface area contributed by atoms with Crippen LogP contribution in [0.15, 0.2) is 29.0 Å². The van der Waals surface area contributed by atoms with Gasteiger partial charge in [0.25, 0.3) is 0 Å². The number of aromatic nitrogens is 3. The van der Waals surface area contributed by atoms with Crippen LogP contribution in [0, 0.1) is 0 Å². The fourth-order valence-corrected chi connectivity index (χ4v) is 4.15. The number of carbonyl (C=O) groups is 1. The lowest BCUT2D eigenvalue weighted by Gasteiger charge is -2.32. The first-order valence-corrected chi connectivity index (χ1v) is 9.89. The highest BCUT2D eigenvalue weighted by molar-refractivity contribution is 5.76. The van der Waals surface area contributed by atoms with E-state index in [0.29, 0.717) is 37.6 Å². The quantitative estimate of drug-likeness (QED) is 0.840. The summed E-state index contributed by atoms with van der Waals surface area (Å²) >= 11 is 0. The van der Waals surface area contributed by atoms with Crippen molar-refractivity contribution in [2.24, 2.45) is 0 Å². The molecule has 1 saturated heterocycles. The van der Waals surface area contributed by atoms with Gasteiger partial charge >= 0.3 is 0 Å². The van der Waals surface area contributed by atoms with Crippen LogP contribution in [0.5, 0.6) is 0 Å². The van der Waals surface area contributed by atoms with Crippen molar-refractivity contribution < 1.29 is 14.1 Å². The van der Waals surface area contributed by atoms with Crippen LogP contribution in [0.4, 0.5) is 0 Å². The second kappa shape index (κ2) is 8.17. The zero-order valence-electron chi connectivity index (χ0n) is 15.5. The lowest BCUT2D eigenvalue weighted by molar-refractivity contribution is -0.121. The number of pyridine rings is 1. The molecule has 1 amide bonds. The zero-order chi connectivity index (χ0) is 18.5. The van der Waals surface area contributed by atoms with Crippen LogP contribution in [0.2, 0.25) is 0 Å². The largest absolute Gasteiger partial charge is 0.373 e. The van der Waals surface area contributed by atoms with E-state index in [1.807, 2.05) is 12.1 Å². The van der Waals surface area contributed by atoms with E-state index in [2.05, 4.69) is 20.4 Å². The molecule has 1 unspecified atom stereocenters. The van der Waals surface area contributed by atoms with Crippen LogP contribution in [0.25, 0.3) is 11.4 Å².